The van der Waals surface area contributed by atoms with Crippen molar-refractivity contribution in [2.45, 2.75) is 46.6 Å². The van der Waals surface area contributed by atoms with Crippen molar-refractivity contribution in [3.63, 3.8) is 0 Å². The molecule has 0 radical (unpaired) electrons. The molecular weight excluding hydrogens is 320 g/mol. The van der Waals surface area contributed by atoms with Crippen LogP contribution in [-0.2, 0) is 9.53 Å². The van der Waals surface area contributed by atoms with E-state index in [2.05, 4.69) is 5.16 Å². The highest BCUT2D eigenvalue weighted by Gasteiger charge is 2.26. The first-order valence-electron chi connectivity index (χ1n) is 8.33. The molecule has 6 heteroatoms. The zero-order chi connectivity index (χ0) is 18.6. The van der Waals surface area contributed by atoms with E-state index >= 15 is 0 Å². The van der Waals surface area contributed by atoms with Crippen LogP contribution in [0.1, 0.15) is 55.4 Å². The molecule has 0 fully saturated rings. The summed E-state index contributed by atoms with van der Waals surface area (Å²) in [5, 5.41) is 3.83. The number of rotatable bonds is 6. The maximum Gasteiger partial charge on any atom is 0.344 e. The van der Waals surface area contributed by atoms with Crippen LogP contribution in [0.4, 0.5) is 5.69 Å². The first-order chi connectivity index (χ1) is 11.8. The first kappa shape index (κ1) is 18.7. The Hall–Kier alpha value is -2.63. The molecule has 1 aromatic heterocycles. The van der Waals surface area contributed by atoms with E-state index in [-0.39, 0.29) is 24.5 Å². The van der Waals surface area contributed by atoms with Crippen LogP contribution in [0.3, 0.4) is 0 Å². The van der Waals surface area contributed by atoms with Gasteiger partial charge in [0, 0.05) is 17.6 Å². The molecule has 25 heavy (non-hydrogen) atoms. The summed E-state index contributed by atoms with van der Waals surface area (Å²) in [6, 6.07) is 9.24. The Bertz CT molecular complexity index is 735. The summed E-state index contributed by atoms with van der Waals surface area (Å²) >= 11 is 0. The molecule has 1 heterocycles. The van der Waals surface area contributed by atoms with Gasteiger partial charge in [0.05, 0.1) is 5.69 Å². The number of amides is 1. The lowest BCUT2D eigenvalue weighted by atomic mass is 10.1. The number of hydrogen-bond donors (Lipinski definition) is 0. The minimum Gasteiger partial charge on any atom is -0.452 e. The molecule has 0 saturated carbocycles. The van der Waals surface area contributed by atoms with Crippen molar-refractivity contribution in [3.8, 4) is 0 Å². The SMILES string of the molecule is Cc1noc(C(C)C)c1C(=O)OCC(=O)N(c1ccccc1)C(C)C. The highest BCUT2D eigenvalue weighted by atomic mass is 16.5. The van der Waals surface area contributed by atoms with Gasteiger partial charge in [0.2, 0.25) is 0 Å². The van der Waals surface area contributed by atoms with Gasteiger partial charge in [-0.05, 0) is 32.9 Å². The molecule has 2 aromatic rings. The largest absolute Gasteiger partial charge is 0.452 e. The number of carbonyl (C=O) groups excluding carboxylic acids is 2. The zero-order valence-corrected chi connectivity index (χ0v) is 15.3. The second-order valence-corrected chi connectivity index (χ2v) is 6.43. The van der Waals surface area contributed by atoms with Crippen molar-refractivity contribution >= 4 is 17.6 Å². The molecule has 134 valence electrons. The lowest BCUT2D eigenvalue weighted by Gasteiger charge is -2.26. The summed E-state index contributed by atoms with van der Waals surface area (Å²) in [6.45, 7) is 8.96. The number of nitrogens with zero attached hydrogens (tertiary/aromatic N) is 2. The number of benzene rings is 1. The predicted octanol–water partition coefficient (Wildman–Crippen LogP) is 3.70. The van der Waals surface area contributed by atoms with Gasteiger partial charge in [-0.25, -0.2) is 4.79 Å². The highest BCUT2D eigenvalue weighted by molar-refractivity contribution is 5.98. The van der Waals surface area contributed by atoms with Gasteiger partial charge in [-0.3, -0.25) is 4.79 Å². The quantitative estimate of drug-likeness (QED) is 0.747. The lowest BCUT2D eigenvalue weighted by molar-refractivity contribution is -0.122. The van der Waals surface area contributed by atoms with Gasteiger partial charge in [0.25, 0.3) is 5.91 Å². The zero-order valence-electron chi connectivity index (χ0n) is 15.3. The molecule has 0 aliphatic carbocycles. The fourth-order valence-electron chi connectivity index (χ4n) is 2.62. The van der Waals surface area contributed by atoms with E-state index in [1.165, 1.54) is 0 Å². The fraction of sp³-hybridized carbons (Fsp3) is 0.421. The number of aromatic nitrogens is 1. The van der Waals surface area contributed by atoms with Crippen LogP contribution in [0.25, 0.3) is 0 Å². The van der Waals surface area contributed by atoms with Crippen LogP contribution in [0.2, 0.25) is 0 Å². The van der Waals surface area contributed by atoms with Crippen molar-refractivity contribution in [2.75, 3.05) is 11.5 Å². The Balaban J connectivity index is 2.11. The molecular formula is C19H24N2O4. The lowest BCUT2D eigenvalue weighted by Crippen LogP contribution is -2.40. The topological polar surface area (TPSA) is 72.6 Å². The number of carbonyl (C=O) groups is 2. The average molecular weight is 344 g/mol. The fourth-order valence-corrected chi connectivity index (χ4v) is 2.62. The minimum absolute atomic E-state index is 0.00377. The van der Waals surface area contributed by atoms with E-state index in [4.69, 9.17) is 9.26 Å². The summed E-state index contributed by atoms with van der Waals surface area (Å²) in [6.07, 6.45) is 0. The van der Waals surface area contributed by atoms with E-state index < -0.39 is 5.97 Å². The molecule has 0 unspecified atom stereocenters. The number of hydrogen-bond acceptors (Lipinski definition) is 5. The normalized spacial score (nSPS) is 11.0. The summed E-state index contributed by atoms with van der Waals surface area (Å²) in [4.78, 5) is 26.6. The number of ether oxygens (including phenoxy) is 1. The third-order valence-corrected chi connectivity index (χ3v) is 3.76. The van der Waals surface area contributed by atoms with E-state index in [9.17, 15) is 9.59 Å². The second kappa shape index (κ2) is 7.96. The van der Waals surface area contributed by atoms with Gasteiger partial charge < -0.3 is 14.2 Å². The highest BCUT2D eigenvalue weighted by Crippen LogP contribution is 2.23. The predicted molar refractivity (Wildman–Crippen MR) is 94.7 cm³/mol. The molecule has 6 nitrogen and oxygen atoms in total. The molecule has 1 aromatic carbocycles. The van der Waals surface area contributed by atoms with Gasteiger partial charge in [-0.15, -0.1) is 0 Å². The Morgan fingerprint density at radius 1 is 1.16 bits per heavy atom. The molecule has 0 saturated heterocycles. The van der Waals surface area contributed by atoms with Crippen LogP contribution < -0.4 is 4.90 Å². The van der Waals surface area contributed by atoms with Gasteiger partial charge in [-0.2, -0.15) is 0 Å². The minimum atomic E-state index is -0.590. The summed E-state index contributed by atoms with van der Waals surface area (Å²) in [5.74, 6) is -0.406. The molecule has 1 amide bonds. The average Bonchev–Trinajstić information content (AvgIpc) is 2.95. The molecule has 0 N–H and O–H groups in total. The van der Waals surface area contributed by atoms with E-state index in [0.29, 0.717) is 17.0 Å². The van der Waals surface area contributed by atoms with Crippen molar-refractivity contribution < 1.29 is 18.8 Å². The van der Waals surface area contributed by atoms with Crippen LogP contribution >= 0.6 is 0 Å². The summed E-state index contributed by atoms with van der Waals surface area (Å²) < 4.78 is 10.4. The molecule has 0 atom stereocenters. The standard InChI is InChI=1S/C19H24N2O4/c1-12(2)18-17(14(5)20-25-18)19(23)24-11-16(22)21(13(3)4)15-9-7-6-8-10-15/h6-10,12-13H,11H2,1-5H3. The van der Waals surface area contributed by atoms with Gasteiger partial charge >= 0.3 is 5.97 Å². The first-order valence-corrected chi connectivity index (χ1v) is 8.33. The monoisotopic (exact) mass is 344 g/mol. The summed E-state index contributed by atoms with van der Waals surface area (Å²) in [5.41, 5.74) is 1.53. The Kier molecular flexibility index (Phi) is 5.96. The van der Waals surface area contributed by atoms with Crippen molar-refractivity contribution in [1.29, 1.82) is 0 Å². The van der Waals surface area contributed by atoms with Crippen LogP contribution in [-0.4, -0.2) is 29.7 Å². The van der Waals surface area contributed by atoms with Crippen molar-refractivity contribution in [3.05, 3.63) is 47.3 Å². The number of para-hydroxylation sites is 1. The van der Waals surface area contributed by atoms with Gasteiger partial charge in [0.15, 0.2) is 12.4 Å². The number of esters is 1. The maximum atomic E-state index is 12.6. The van der Waals surface area contributed by atoms with Crippen LogP contribution in [0, 0.1) is 6.92 Å². The van der Waals surface area contributed by atoms with E-state index in [1.54, 1.807) is 11.8 Å². The van der Waals surface area contributed by atoms with Gasteiger partial charge in [0.1, 0.15) is 5.56 Å². The molecule has 0 aliphatic heterocycles. The van der Waals surface area contributed by atoms with E-state index in [0.717, 1.165) is 5.69 Å². The molecule has 2 rings (SSSR count). The molecule has 0 spiro atoms. The van der Waals surface area contributed by atoms with Crippen molar-refractivity contribution in [2.24, 2.45) is 0 Å². The second-order valence-electron chi connectivity index (χ2n) is 6.43. The molecule has 0 bridgehead atoms. The third-order valence-electron chi connectivity index (χ3n) is 3.76. The Labute approximate surface area is 147 Å². The number of aryl methyl sites for hydroxylation is 1. The van der Waals surface area contributed by atoms with Crippen LogP contribution in [0.15, 0.2) is 34.9 Å². The Morgan fingerprint density at radius 3 is 2.36 bits per heavy atom. The van der Waals surface area contributed by atoms with Crippen LogP contribution in [0.5, 0.6) is 0 Å². The smallest absolute Gasteiger partial charge is 0.344 e. The van der Waals surface area contributed by atoms with Gasteiger partial charge in [-0.1, -0.05) is 37.2 Å². The maximum absolute atomic E-state index is 12.6. The number of anilines is 1. The third kappa shape index (κ3) is 4.26. The summed E-state index contributed by atoms with van der Waals surface area (Å²) in [7, 11) is 0. The Morgan fingerprint density at radius 2 is 1.80 bits per heavy atom. The van der Waals surface area contributed by atoms with Crippen molar-refractivity contribution in [1.82, 2.24) is 5.16 Å². The molecule has 0 aliphatic rings. The van der Waals surface area contributed by atoms with E-state index in [1.807, 2.05) is 58.0 Å².